The Bertz CT molecular complexity index is 467. The van der Waals surface area contributed by atoms with Gasteiger partial charge >= 0.3 is 0 Å². The van der Waals surface area contributed by atoms with Crippen molar-refractivity contribution in [3.63, 3.8) is 0 Å². The lowest BCUT2D eigenvalue weighted by Crippen LogP contribution is -2.41. The van der Waals surface area contributed by atoms with Crippen LogP contribution < -0.4 is 9.47 Å². The zero-order valence-electron chi connectivity index (χ0n) is 12.2. The average Bonchev–Trinajstić information content (AvgIpc) is 2.42. The number of aliphatic hydroxyl groups excluding tert-OH is 1. The number of ether oxygens (including phenoxy) is 2. The van der Waals surface area contributed by atoms with E-state index in [0.717, 1.165) is 41.7 Å². The Hall–Kier alpha value is -0.780. The topological polar surface area (TPSA) is 41.9 Å². The molecule has 0 bridgehead atoms. The first-order chi connectivity index (χ1) is 9.55. The Balaban J connectivity index is 2.18. The molecule has 2 rings (SSSR count). The van der Waals surface area contributed by atoms with Crippen LogP contribution in [0.1, 0.15) is 12.0 Å². The number of rotatable bonds is 4. The van der Waals surface area contributed by atoms with Gasteiger partial charge < -0.3 is 19.5 Å². The van der Waals surface area contributed by atoms with Crippen molar-refractivity contribution in [1.29, 1.82) is 0 Å². The fourth-order valence-corrected chi connectivity index (χ4v) is 3.45. The van der Waals surface area contributed by atoms with E-state index in [1.807, 2.05) is 12.1 Å². The van der Waals surface area contributed by atoms with Crippen LogP contribution in [0.2, 0.25) is 0 Å². The molecule has 1 aliphatic heterocycles. The maximum atomic E-state index is 10.2. The highest BCUT2D eigenvalue weighted by atomic mass is 79.9. The van der Waals surface area contributed by atoms with Crippen LogP contribution in [-0.4, -0.2) is 50.5 Å². The molecule has 1 aromatic carbocycles. The van der Waals surface area contributed by atoms with Crippen LogP contribution in [0.25, 0.3) is 0 Å². The van der Waals surface area contributed by atoms with Crippen molar-refractivity contribution in [3.05, 3.63) is 22.2 Å². The molecule has 0 aromatic heterocycles. The second-order valence-corrected chi connectivity index (χ2v) is 6.25. The Morgan fingerprint density at radius 3 is 2.75 bits per heavy atom. The molecule has 4 nitrogen and oxygen atoms in total. The summed E-state index contributed by atoms with van der Waals surface area (Å²) in [4.78, 5) is 2.27. The Morgan fingerprint density at radius 2 is 2.10 bits per heavy atom. The number of aliphatic hydroxyl groups is 1. The normalized spacial score (nSPS) is 23.6. The summed E-state index contributed by atoms with van der Waals surface area (Å²) in [6, 6.07) is 4.04. The monoisotopic (exact) mass is 343 g/mol. The molecule has 0 spiro atoms. The minimum atomic E-state index is -0.224. The molecule has 2 unspecified atom stereocenters. The van der Waals surface area contributed by atoms with E-state index in [9.17, 15) is 5.11 Å². The SMILES string of the molecule is COc1cc(CC2CN(C)CCC2O)cc(Br)c1OC. The molecule has 0 saturated carbocycles. The van der Waals surface area contributed by atoms with Crippen molar-refractivity contribution in [2.45, 2.75) is 18.9 Å². The third-order valence-corrected chi connectivity index (χ3v) is 4.48. The Labute approximate surface area is 128 Å². The van der Waals surface area contributed by atoms with Crippen LogP contribution in [0.5, 0.6) is 11.5 Å². The predicted octanol–water partition coefficient (Wildman–Crippen LogP) is 2.32. The number of halogens is 1. The molecule has 1 saturated heterocycles. The average molecular weight is 344 g/mol. The molecule has 0 radical (unpaired) electrons. The van der Waals surface area contributed by atoms with Crippen LogP contribution >= 0.6 is 15.9 Å². The third kappa shape index (κ3) is 3.45. The van der Waals surface area contributed by atoms with E-state index >= 15 is 0 Å². The summed E-state index contributed by atoms with van der Waals surface area (Å²) in [7, 11) is 5.36. The van der Waals surface area contributed by atoms with Crippen LogP contribution in [0, 0.1) is 5.92 Å². The first kappa shape index (κ1) is 15.6. The predicted molar refractivity (Wildman–Crippen MR) is 82.6 cm³/mol. The van der Waals surface area contributed by atoms with E-state index in [1.54, 1.807) is 14.2 Å². The minimum Gasteiger partial charge on any atom is -0.493 e. The summed E-state index contributed by atoms with van der Waals surface area (Å²) in [5, 5.41) is 10.2. The molecular formula is C15H22BrNO3. The largest absolute Gasteiger partial charge is 0.493 e. The maximum Gasteiger partial charge on any atom is 0.174 e. The smallest absolute Gasteiger partial charge is 0.174 e. The van der Waals surface area contributed by atoms with Gasteiger partial charge in [0.05, 0.1) is 24.8 Å². The summed E-state index contributed by atoms with van der Waals surface area (Å²) in [6.07, 6.45) is 1.46. The molecule has 1 aliphatic rings. The molecule has 0 aliphatic carbocycles. The van der Waals surface area contributed by atoms with Gasteiger partial charge in [0, 0.05) is 19.0 Å². The number of piperidine rings is 1. The number of nitrogens with zero attached hydrogens (tertiary/aromatic N) is 1. The lowest BCUT2D eigenvalue weighted by molar-refractivity contribution is 0.0366. The second-order valence-electron chi connectivity index (χ2n) is 5.40. The zero-order valence-corrected chi connectivity index (χ0v) is 13.8. The van der Waals surface area contributed by atoms with Gasteiger partial charge in [0.15, 0.2) is 11.5 Å². The summed E-state index contributed by atoms with van der Waals surface area (Å²) in [5.74, 6) is 1.69. The van der Waals surface area contributed by atoms with Gasteiger partial charge in [0.25, 0.3) is 0 Å². The van der Waals surface area contributed by atoms with E-state index < -0.39 is 0 Å². The minimum absolute atomic E-state index is 0.224. The molecular weight excluding hydrogens is 322 g/mol. The van der Waals surface area contributed by atoms with E-state index in [2.05, 4.69) is 27.9 Å². The fourth-order valence-electron chi connectivity index (χ4n) is 2.79. The van der Waals surface area contributed by atoms with Crippen molar-refractivity contribution < 1.29 is 14.6 Å². The number of hydrogen-bond acceptors (Lipinski definition) is 4. The molecule has 0 amide bonds. The van der Waals surface area contributed by atoms with Gasteiger partial charge in [-0.05, 0) is 53.5 Å². The molecule has 1 aromatic rings. The van der Waals surface area contributed by atoms with Gasteiger partial charge in [0.2, 0.25) is 0 Å². The summed E-state index contributed by atoms with van der Waals surface area (Å²) < 4.78 is 11.6. The van der Waals surface area contributed by atoms with Crippen LogP contribution in [0.3, 0.4) is 0 Å². The lowest BCUT2D eigenvalue weighted by Gasteiger charge is -2.34. The van der Waals surface area contributed by atoms with Crippen LogP contribution in [0.4, 0.5) is 0 Å². The van der Waals surface area contributed by atoms with Gasteiger partial charge in [-0.3, -0.25) is 0 Å². The van der Waals surface area contributed by atoms with Crippen molar-refractivity contribution in [1.82, 2.24) is 4.90 Å². The molecule has 5 heteroatoms. The van der Waals surface area contributed by atoms with Crippen LogP contribution in [-0.2, 0) is 6.42 Å². The number of hydrogen-bond donors (Lipinski definition) is 1. The third-order valence-electron chi connectivity index (χ3n) is 3.89. The molecule has 20 heavy (non-hydrogen) atoms. The summed E-state index contributed by atoms with van der Waals surface area (Å²) >= 11 is 3.51. The Morgan fingerprint density at radius 1 is 1.35 bits per heavy atom. The highest BCUT2D eigenvalue weighted by Gasteiger charge is 2.26. The van der Waals surface area contributed by atoms with Gasteiger partial charge in [-0.15, -0.1) is 0 Å². The molecule has 1 fully saturated rings. The number of methoxy groups -OCH3 is 2. The van der Waals surface area contributed by atoms with Crippen molar-refractivity contribution >= 4 is 15.9 Å². The van der Waals surface area contributed by atoms with E-state index in [4.69, 9.17) is 9.47 Å². The lowest BCUT2D eigenvalue weighted by atomic mass is 9.89. The van der Waals surface area contributed by atoms with Gasteiger partial charge in [-0.2, -0.15) is 0 Å². The van der Waals surface area contributed by atoms with Gasteiger partial charge in [-0.25, -0.2) is 0 Å². The molecule has 1 N–H and O–H groups in total. The quantitative estimate of drug-likeness (QED) is 0.910. The van der Waals surface area contributed by atoms with Crippen molar-refractivity contribution in [3.8, 4) is 11.5 Å². The van der Waals surface area contributed by atoms with Crippen molar-refractivity contribution in [2.24, 2.45) is 5.92 Å². The van der Waals surface area contributed by atoms with Crippen molar-refractivity contribution in [2.75, 3.05) is 34.4 Å². The molecule has 2 atom stereocenters. The molecule has 1 heterocycles. The molecule has 112 valence electrons. The first-order valence-electron chi connectivity index (χ1n) is 6.82. The maximum absolute atomic E-state index is 10.2. The number of likely N-dealkylation sites (tertiary alicyclic amines) is 1. The number of benzene rings is 1. The van der Waals surface area contributed by atoms with Gasteiger partial charge in [0.1, 0.15) is 0 Å². The standard InChI is InChI=1S/C15H22BrNO3/c1-17-5-4-13(18)11(9-17)6-10-7-12(16)15(20-3)14(8-10)19-2/h7-8,11,13,18H,4-6,9H2,1-3H3. The highest BCUT2D eigenvalue weighted by Crippen LogP contribution is 2.37. The summed E-state index contributed by atoms with van der Waals surface area (Å²) in [6.45, 7) is 1.89. The van der Waals surface area contributed by atoms with Crippen LogP contribution in [0.15, 0.2) is 16.6 Å². The van der Waals surface area contributed by atoms with Gasteiger partial charge in [-0.1, -0.05) is 0 Å². The highest BCUT2D eigenvalue weighted by molar-refractivity contribution is 9.10. The summed E-state index contributed by atoms with van der Waals surface area (Å²) in [5.41, 5.74) is 1.15. The Kier molecular flexibility index (Phi) is 5.29. The zero-order chi connectivity index (χ0) is 14.7. The van der Waals surface area contributed by atoms with E-state index in [-0.39, 0.29) is 12.0 Å². The first-order valence-corrected chi connectivity index (χ1v) is 7.61. The van der Waals surface area contributed by atoms with E-state index in [1.165, 1.54) is 0 Å². The fraction of sp³-hybridized carbons (Fsp3) is 0.600. The van der Waals surface area contributed by atoms with E-state index in [0.29, 0.717) is 5.75 Å². The second kappa shape index (κ2) is 6.78.